The van der Waals surface area contributed by atoms with Crippen molar-refractivity contribution in [1.82, 2.24) is 15.4 Å². The zero-order valence-corrected chi connectivity index (χ0v) is 16.9. The number of carbonyl (C=O) groups is 1. The molecule has 0 radical (unpaired) electrons. The molecule has 10 heteroatoms. The standard InChI is InChI=1S/C15H21Cl2N3O3S.ClH/c1-10-9-11(5-7-18-10)20-14(21)6-8-19-24(22,23)15-12(16)3-2-4-13(15)17;/h2-4,10-11,18-19H,5-9H2,1H3,(H,20,21);1H. The van der Waals surface area contributed by atoms with E-state index in [1.165, 1.54) is 12.1 Å². The molecule has 6 nitrogen and oxygen atoms in total. The first-order valence-corrected chi connectivity index (χ1v) is 10.00. The molecule has 1 aliphatic rings. The summed E-state index contributed by atoms with van der Waals surface area (Å²) in [5.41, 5.74) is 0. The van der Waals surface area contributed by atoms with Crippen molar-refractivity contribution < 1.29 is 13.2 Å². The highest BCUT2D eigenvalue weighted by Gasteiger charge is 2.22. The highest BCUT2D eigenvalue weighted by atomic mass is 35.5. The molecule has 1 amide bonds. The largest absolute Gasteiger partial charge is 0.353 e. The topological polar surface area (TPSA) is 87.3 Å². The van der Waals surface area contributed by atoms with Gasteiger partial charge in [-0.05, 0) is 38.4 Å². The zero-order valence-electron chi connectivity index (χ0n) is 13.7. The molecule has 2 unspecified atom stereocenters. The van der Waals surface area contributed by atoms with Gasteiger partial charge in [0.2, 0.25) is 15.9 Å². The maximum absolute atomic E-state index is 12.3. The quantitative estimate of drug-likeness (QED) is 0.646. The Morgan fingerprint density at radius 3 is 2.56 bits per heavy atom. The molecule has 25 heavy (non-hydrogen) atoms. The average Bonchev–Trinajstić information content (AvgIpc) is 2.46. The molecule has 1 aromatic rings. The van der Waals surface area contributed by atoms with E-state index in [1.54, 1.807) is 6.07 Å². The van der Waals surface area contributed by atoms with E-state index in [-0.39, 0.29) is 52.3 Å². The fourth-order valence-electron chi connectivity index (χ4n) is 2.67. The van der Waals surface area contributed by atoms with Crippen LogP contribution in [0.25, 0.3) is 0 Å². The lowest BCUT2D eigenvalue weighted by atomic mass is 10.0. The summed E-state index contributed by atoms with van der Waals surface area (Å²) in [5.74, 6) is -0.179. The molecule has 0 aromatic heterocycles. The predicted octanol–water partition coefficient (Wildman–Crippen LogP) is 2.34. The Hall–Kier alpha value is -0.570. The molecule has 1 heterocycles. The lowest BCUT2D eigenvalue weighted by molar-refractivity contribution is -0.121. The van der Waals surface area contributed by atoms with E-state index < -0.39 is 10.0 Å². The number of sulfonamides is 1. The summed E-state index contributed by atoms with van der Waals surface area (Å²) in [5, 5.41) is 6.33. The SMILES string of the molecule is CC1CC(NC(=O)CCNS(=O)(=O)c2c(Cl)cccc2Cl)CCN1.Cl. The lowest BCUT2D eigenvalue weighted by Crippen LogP contribution is -2.47. The van der Waals surface area contributed by atoms with E-state index in [0.717, 1.165) is 19.4 Å². The summed E-state index contributed by atoms with van der Waals surface area (Å²) in [6.07, 6.45) is 1.79. The minimum absolute atomic E-state index is 0. The van der Waals surface area contributed by atoms with Gasteiger partial charge in [0.25, 0.3) is 0 Å². The summed E-state index contributed by atoms with van der Waals surface area (Å²) >= 11 is 11.8. The molecule has 2 atom stereocenters. The van der Waals surface area contributed by atoms with Crippen molar-refractivity contribution in [2.75, 3.05) is 13.1 Å². The molecule has 3 N–H and O–H groups in total. The fourth-order valence-corrected chi connectivity index (χ4v) is 4.84. The van der Waals surface area contributed by atoms with Crippen molar-refractivity contribution in [1.29, 1.82) is 0 Å². The van der Waals surface area contributed by atoms with Gasteiger partial charge in [-0.1, -0.05) is 29.3 Å². The lowest BCUT2D eigenvalue weighted by Gasteiger charge is -2.28. The first kappa shape index (κ1) is 22.5. The fraction of sp³-hybridized carbons (Fsp3) is 0.533. The normalized spacial score (nSPS) is 20.6. The van der Waals surface area contributed by atoms with E-state index in [2.05, 4.69) is 22.3 Å². The molecule has 1 fully saturated rings. The van der Waals surface area contributed by atoms with Gasteiger partial charge in [0, 0.05) is 25.0 Å². The van der Waals surface area contributed by atoms with Crippen molar-refractivity contribution in [3.05, 3.63) is 28.2 Å². The number of amides is 1. The van der Waals surface area contributed by atoms with Crippen molar-refractivity contribution in [2.24, 2.45) is 0 Å². The van der Waals surface area contributed by atoms with Crippen LogP contribution in [0.3, 0.4) is 0 Å². The number of hydrogen-bond acceptors (Lipinski definition) is 4. The van der Waals surface area contributed by atoms with Crippen molar-refractivity contribution in [3.63, 3.8) is 0 Å². The van der Waals surface area contributed by atoms with Crippen LogP contribution in [0.1, 0.15) is 26.2 Å². The summed E-state index contributed by atoms with van der Waals surface area (Å²) in [6, 6.07) is 4.96. The van der Waals surface area contributed by atoms with Crippen LogP contribution >= 0.6 is 35.6 Å². The zero-order chi connectivity index (χ0) is 17.7. The average molecular weight is 431 g/mol. The van der Waals surface area contributed by atoms with Crippen molar-refractivity contribution >= 4 is 51.5 Å². The molecule has 0 aliphatic carbocycles. The smallest absolute Gasteiger partial charge is 0.243 e. The van der Waals surface area contributed by atoms with E-state index in [9.17, 15) is 13.2 Å². The molecule has 142 valence electrons. The van der Waals surface area contributed by atoms with E-state index in [0.29, 0.717) is 6.04 Å². The first-order chi connectivity index (χ1) is 11.3. The third-order valence-corrected chi connectivity index (χ3v) is 6.24. The first-order valence-electron chi connectivity index (χ1n) is 7.76. The second kappa shape index (κ2) is 9.94. The predicted molar refractivity (Wildman–Crippen MR) is 102 cm³/mol. The molecular formula is C15H22Cl3N3O3S. The maximum Gasteiger partial charge on any atom is 0.243 e. The van der Waals surface area contributed by atoms with Gasteiger partial charge in [-0.2, -0.15) is 0 Å². The second-order valence-electron chi connectivity index (χ2n) is 5.84. The number of hydrogen-bond donors (Lipinski definition) is 3. The second-order valence-corrected chi connectivity index (χ2v) is 8.36. The molecule has 0 bridgehead atoms. The van der Waals surface area contributed by atoms with E-state index in [4.69, 9.17) is 23.2 Å². The van der Waals surface area contributed by atoms with Gasteiger partial charge >= 0.3 is 0 Å². The molecule has 1 saturated heterocycles. The molecular weight excluding hydrogens is 409 g/mol. The number of nitrogens with one attached hydrogen (secondary N) is 3. The molecule has 1 aliphatic heterocycles. The van der Waals surface area contributed by atoms with E-state index >= 15 is 0 Å². The third kappa shape index (κ3) is 6.58. The summed E-state index contributed by atoms with van der Waals surface area (Å²) in [4.78, 5) is 11.8. The van der Waals surface area contributed by atoms with Crippen LogP contribution in [-0.2, 0) is 14.8 Å². The number of halogens is 3. The Morgan fingerprint density at radius 2 is 1.96 bits per heavy atom. The summed E-state index contributed by atoms with van der Waals surface area (Å²) < 4.78 is 26.9. The van der Waals surface area contributed by atoms with Crippen molar-refractivity contribution in [3.8, 4) is 0 Å². The van der Waals surface area contributed by atoms with Crippen LogP contribution in [0.4, 0.5) is 0 Å². The monoisotopic (exact) mass is 429 g/mol. The van der Waals surface area contributed by atoms with Gasteiger partial charge in [-0.3, -0.25) is 4.79 Å². The molecule has 1 aromatic carbocycles. The Morgan fingerprint density at radius 1 is 1.32 bits per heavy atom. The van der Waals surface area contributed by atoms with Gasteiger partial charge in [-0.25, -0.2) is 13.1 Å². The molecule has 2 rings (SSSR count). The number of carbonyl (C=O) groups excluding carboxylic acids is 1. The molecule has 0 spiro atoms. The van der Waals surface area contributed by atoms with Gasteiger partial charge in [0.05, 0.1) is 10.0 Å². The minimum Gasteiger partial charge on any atom is -0.353 e. The van der Waals surface area contributed by atoms with Crippen LogP contribution in [-0.4, -0.2) is 39.5 Å². The van der Waals surface area contributed by atoms with Crippen LogP contribution < -0.4 is 15.4 Å². The highest BCUT2D eigenvalue weighted by Crippen LogP contribution is 2.28. The third-order valence-electron chi connectivity index (χ3n) is 3.82. The van der Waals surface area contributed by atoms with Gasteiger partial charge < -0.3 is 10.6 Å². The Bertz CT molecular complexity index is 680. The molecule has 0 saturated carbocycles. The Labute approximate surface area is 164 Å². The summed E-state index contributed by atoms with van der Waals surface area (Å²) in [6.45, 7) is 2.92. The number of benzene rings is 1. The number of rotatable bonds is 6. The maximum atomic E-state index is 12.3. The Kier molecular flexibility index (Phi) is 8.94. The van der Waals surface area contributed by atoms with Gasteiger partial charge in [0.15, 0.2) is 0 Å². The van der Waals surface area contributed by atoms with Crippen molar-refractivity contribution in [2.45, 2.75) is 43.2 Å². The minimum atomic E-state index is -3.86. The van der Waals surface area contributed by atoms with Crippen LogP contribution in [0, 0.1) is 0 Å². The van der Waals surface area contributed by atoms with Crippen LogP contribution in [0.15, 0.2) is 23.1 Å². The summed E-state index contributed by atoms with van der Waals surface area (Å²) in [7, 11) is -3.86. The number of piperidine rings is 1. The highest BCUT2D eigenvalue weighted by molar-refractivity contribution is 7.89. The van der Waals surface area contributed by atoms with E-state index in [1.807, 2.05) is 0 Å². The van der Waals surface area contributed by atoms with Gasteiger partial charge in [0.1, 0.15) is 4.90 Å². The van der Waals surface area contributed by atoms with Gasteiger partial charge in [-0.15, -0.1) is 12.4 Å². The van der Waals surface area contributed by atoms with Crippen LogP contribution in [0.5, 0.6) is 0 Å². The van der Waals surface area contributed by atoms with Crippen LogP contribution in [0.2, 0.25) is 10.0 Å². The Balaban J connectivity index is 0.00000312.